The van der Waals surface area contributed by atoms with Crippen molar-refractivity contribution >= 4 is 21.8 Å². The molecule has 0 aromatic heterocycles. The van der Waals surface area contributed by atoms with Crippen LogP contribution in [0.3, 0.4) is 0 Å². The van der Waals surface area contributed by atoms with Crippen molar-refractivity contribution in [2.45, 2.75) is 26.3 Å². The number of carbonyl (C=O) groups is 1. The summed E-state index contributed by atoms with van der Waals surface area (Å²) >= 11 is 3.09. The average Bonchev–Trinajstić information content (AvgIpc) is 2.27. The number of hydrogen-bond donors (Lipinski definition) is 0. The van der Waals surface area contributed by atoms with Crippen LogP contribution in [-0.4, -0.2) is 22.9 Å². The van der Waals surface area contributed by atoms with Gasteiger partial charge < -0.3 is 4.90 Å². The van der Waals surface area contributed by atoms with Gasteiger partial charge in [0, 0.05) is 12.1 Å². The first-order valence-corrected chi connectivity index (χ1v) is 6.45. The van der Waals surface area contributed by atoms with E-state index in [1.54, 1.807) is 23.1 Å². The number of nitrogens with zero attached hydrogens (tertiary/aromatic N) is 1. The van der Waals surface area contributed by atoms with Gasteiger partial charge in [0.1, 0.15) is 5.82 Å². The molecule has 1 amide bonds. The molecule has 0 aliphatic carbocycles. The van der Waals surface area contributed by atoms with Gasteiger partial charge in [0.25, 0.3) is 5.91 Å². The van der Waals surface area contributed by atoms with Crippen molar-refractivity contribution < 1.29 is 9.18 Å². The molecule has 0 radical (unpaired) electrons. The van der Waals surface area contributed by atoms with E-state index in [9.17, 15) is 9.18 Å². The van der Waals surface area contributed by atoms with Gasteiger partial charge in [-0.3, -0.25) is 4.79 Å². The van der Waals surface area contributed by atoms with E-state index in [0.29, 0.717) is 11.0 Å². The molecule has 0 spiro atoms. The highest BCUT2D eigenvalue weighted by molar-refractivity contribution is 9.10. The topological polar surface area (TPSA) is 20.3 Å². The van der Waals surface area contributed by atoms with Gasteiger partial charge in [-0.2, -0.15) is 0 Å². The number of halogens is 2. The second-order valence-corrected chi connectivity index (χ2v) is 5.83. The van der Waals surface area contributed by atoms with Crippen molar-refractivity contribution in [1.29, 1.82) is 0 Å². The van der Waals surface area contributed by atoms with Crippen molar-refractivity contribution in [2.24, 2.45) is 0 Å². The molecule has 0 saturated heterocycles. The number of rotatable bonds is 3. The third kappa shape index (κ3) is 3.19. The Balaban J connectivity index is 3.18. The first-order chi connectivity index (χ1) is 8.29. The highest BCUT2D eigenvalue weighted by Gasteiger charge is 2.28. The molecule has 0 saturated carbocycles. The van der Waals surface area contributed by atoms with E-state index in [-0.39, 0.29) is 17.0 Å². The first-order valence-electron chi connectivity index (χ1n) is 5.66. The molecule has 1 rings (SSSR count). The molecule has 0 heterocycles. The Bertz CT molecular complexity index is 465. The predicted molar refractivity (Wildman–Crippen MR) is 75.1 cm³/mol. The fourth-order valence-corrected chi connectivity index (χ4v) is 1.97. The summed E-state index contributed by atoms with van der Waals surface area (Å²) in [6.45, 7) is 9.74. The third-order valence-electron chi connectivity index (χ3n) is 2.55. The minimum Gasteiger partial charge on any atom is -0.330 e. The van der Waals surface area contributed by atoms with Crippen LogP contribution >= 0.6 is 15.9 Å². The lowest BCUT2D eigenvalue weighted by Gasteiger charge is -2.35. The molecular formula is C14H17BrFNO. The lowest BCUT2D eigenvalue weighted by atomic mass is 10.0. The van der Waals surface area contributed by atoms with Crippen LogP contribution in [0.4, 0.5) is 4.39 Å². The van der Waals surface area contributed by atoms with Gasteiger partial charge in [-0.25, -0.2) is 4.39 Å². The van der Waals surface area contributed by atoms with Crippen LogP contribution in [-0.2, 0) is 0 Å². The van der Waals surface area contributed by atoms with Crippen LogP contribution in [0.1, 0.15) is 31.1 Å². The summed E-state index contributed by atoms with van der Waals surface area (Å²) < 4.78 is 14.2. The maximum absolute atomic E-state index is 13.9. The monoisotopic (exact) mass is 313 g/mol. The summed E-state index contributed by atoms with van der Waals surface area (Å²) in [5.41, 5.74) is -0.318. The summed E-state index contributed by atoms with van der Waals surface area (Å²) in [7, 11) is 0. The summed E-state index contributed by atoms with van der Waals surface area (Å²) in [6.07, 6.45) is 1.64. The summed E-state index contributed by atoms with van der Waals surface area (Å²) in [4.78, 5) is 14.0. The molecule has 0 N–H and O–H groups in total. The smallest absolute Gasteiger partial charge is 0.257 e. The van der Waals surface area contributed by atoms with Crippen LogP contribution < -0.4 is 0 Å². The molecule has 1 aromatic rings. The number of amides is 1. The Labute approximate surface area is 116 Å². The van der Waals surface area contributed by atoms with Gasteiger partial charge in [-0.15, -0.1) is 6.58 Å². The van der Waals surface area contributed by atoms with Gasteiger partial charge in [-0.1, -0.05) is 12.1 Å². The van der Waals surface area contributed by atoms with Crippen LogP contribution in [0.5, 0.6) is 0 Å². The molecule has 98 valence electrons. The van der Waals surface area contributed by atoms with Gasteiger partial charge >= 0.3 is 0 Å². The van der Waals surface area contributed by atoms with Gasteiger partial charge in [0.15, 0.2) is 0 Å². The number of hydrogen-bond acceptors (Lipinski definition) is 1. The highest BCUT2D eigenvalue weighted by Crippen LogP contribution is 2.23. The zero-order valence-corrected chi connectivity index (χ0v) is 12.4. The molecule has 0 fully saturated rings. The van der Waals surface area contributed by atoms with Crippen LogP contribution in [0, 0.1) is 5.82 Å². The Hall–Kier alpha value is -1.16. The largest absolute Gasteiger partial charge is 0.330 e. The zero-order valence-electron chi connectivity index (χ0n) is 10.8. The second-order valence-electron chi connectivity index (χ2n) is 4.98. The Morgan fingerprint density at radius 3 is 2.61 bits per heavy atom. The highest BCUT2D eigenvalue weighted by atomic mass is 79.9. The molecule has 4 heteroatoms. The minimum atomic E-state index is -0.527. The van der Waals surface area contributed by atoms with E-state index in [0.717, 1.165) is 0 Å². The van der Waals surface area contributed by atoms with E-state index in [1.807, 2.05) is 20.8 Å². The molecule has 0 aliphatic heterocycles. The maximum atomic E-state index is 13.9. The molecule has 0 aliphatic rings. The third-order valence-corrected chi connectivity index (χ3v) is 3.16. The van der Waals surface area contributed by atoms with E-state index in [2.05, 4.69) is 22.5 Å². The lowest BCUT2D eigenvalue weighted by Crippen LogP contribution is -2.46. The van der Waals surface area contributed by atoms with E-state index >= 15 is 0 Å². The summed E-state index contributed by atoms with van der Waals surface area (Å²) in [5.74, 6) is -0.859. The molecule has 0 atom stereocenters. The number of carbonyl (C=O) groups excluding carboxylic acids is 1. The molecule has 0 bridgehead atoms. The first kappa shape index (κ1) is 14.9. The Morgan fingerprint density at radius 2 is 2.11 bits per heavy atom. The van der Waals surface area contributed by atoms with Crippen molar-refractivity contribution in [1.82, 2.24) is 4.90 Å². The van der Waals surface area contributed by atoms with Crippen molar-refractivity contribution in [3.8, 4) is 0 Å². The fraction of sp³-hybridized carbons (Fsp3) is 0.357. The average molecular weight is 314 g/mol. The standard InChI is InChI=1S/C14H17BrFNO/c1-5-9-17(14(2,3)4)13(18)10-7-6-8-11(15)12(10)16/h5-8H,1,9H2,2-4H3. The van der Waals surface area contributed by atoms with Crippen molar-refractivity contribution in [3.05, 3.63) is 46.7 Å². The van der Waals surface area contributed by atoms with Crippen LogP contribution in [0.25, 0.3) is 0 Å². The second kappa shape index (κ2) is 5.65. The van der Waals surface area contributed by atoms with Gasteiger partial charge in [0.05, 0.1) is 10.0 Å². The predicted octanol–water partition coefficient (Wildman–Crippen LogP) is 4.01. The van der Waals surface area contributed by atoms with Crippen molar-refractivity contribution in [2.75, 3.05) is 6.54 Å². The van der Waals surface area contributed by atoms with Crippen molar-refractivity contribution in [3.63, 3.8) is 0 Å². The molecule has 18 heavy (non-hydrogen) atoms. The Morgan fingerprint density at radius 1 is 1.50 bits per heavy atom. The fourth-order valence-electron chi connectivity index (χ4n) is 1.60. The molecule has 2 nitrogen and oxygen atoms in total. The lowest BCUT2D eigenvalue weighted by molar-refractivity contribution is 0.0611. The number of benzene rings is 1. The minimum absolute atomic E-state index is 0.0705. The molecular weight excluding hydrogens is 297 g/mol. The molecule has 0 unspecified atom stereocenters. The Kier molecular flexibility index (Phi) is 4.68. The normalized spacial score (nSPS) is 11.2. The van der Waals surface area contributed by atoms with Gasteiger partial charge in [-0.05, 0) is 48.8 Å². The van der Waals surface area contributed by atoms with E-state index < -0.39 is 5.82 Å². The zero-order chi connectivity index (χ0) is 13.9. The maximum Gasteiger partial charge on any atom is 0.257 e. The van der Waals surface area contributed by atoms with E-state index in [4.69, 9.17) is 0 Å². The van der Waals surface area contributed by atoms with Gasteiger partial charge in [0.2, 0.25) is 0 Å². The SMILES string of the molecule is C=CCN(C(=O)c1cccc(Br)c1F)C(C)(C)C. The van der Waals surface area contributed by atoms with Crippen LogP contribution in [0.15, 0.2) is 35.3 Å². The molecule has 1 aromatic carbocycles. The summed E-state index contributed by atoms with van der Waals surface area (Å²) in [6, 6.07) is 4.71. The van der Waals surface area contributed by atoms with E-state index in [1.165, 1.54) is 6.07 Å². The van der Waals surface area contributed by atoms with Crippen LogP contribution in [0.2, 0.25) is 0 Å². The summed E-state index contributed by atoms with van der Waals surface area (Å²) in [5, 5.41) is 0. The quantitative estimate of drug-likeness (QED) is 0.772.